The van der Waals surface area contributed by atoms with Crippen molar-refractivity contribution < 1.29 is 8.42 Å². The van der Waals surface area contributed by atoms with Crippen LogP contribution in [0.15, 0.2) is 6.20 Å². The molecule has 0 radical (unpaired) electrons. The van der Waals surface area contributed by atoms with E-state index in [-0.39, 0.29) is 16.2 Å². The first-order valence-corrected chi connectivity index (χ1v) is 7.90. The molecule has 6 nitrogen and oxygen atoms in total. The Labute approximate surface area is 119 Å². The van der Waals surface area contributed by atoms with Crippen molar-refractivity contribution in [2.45, 2.75) is 27.2 Å². The summed E-state index contributed by atoms with van der Waals surface area (Å²) < 4.78 is 28.0. The zero-order valence-corrected chi connectivity index (χ0v) is 13.2. The Hall–Kier alpha value is -1.15. The van der Waals surface area contributed by atoms with Crippen LogP contribution in [0.25, 0.3) is 0 Å². The quantitative estimate of drug-likeness (QED) is 0.799. The van der Waals surface area contributed by atoms with Gasteiger partial charge in [0.2, 0.25) is 10.0 Å². The van der Waals surface area contributed by atoms with Crippen LogP contribution in [0, 0.1) is 5.41 Å². The van der Waals surface area contributed by atoms with Crippen LogP contribution in [0.2, 0.25) is 0 Å². The molecule has 1 aromatic heterocycles. The second kappa shape index (κ2) is 5.46. The average molecular weight is 304 g/mol. The molecule has 0 aromatic carbocycles. The summed E-state index contributed by atoms with van der Waals surface area (Å²) in [4.78, 5) is 0.113. The van der Waals surface area contributed by atoms with Gasteiger partial charge in [0.05, 0.1) is 17.5 Å². The van der Waals surface area contributed by atoms with Crippen LogP contribution >= 0.6 is 12.2 Å². The zero-order chi connectivity index (χ0) is 14.8. The molecule has 0 saturated heterocycles. The average Bonchev–Trinajstić information content (AvgIpc) is 2.57. The Morgan fingerprint density at radius 3 is 2.58 bits per heavy atom. The van der Waals surface area contributed by atoms with Gasteiger partial charge in [0.25, 0.3) is 0 Å². The third-order valence-electron chi connectivity index (χ3n) is 2.58. The number of aromatic nitrogens is 2. The highest BCUT2D eigenvalue weighted by Gasteiger charge is 2.20. The lowest BCUT2D eigenvalue weighted by atomic mass is 9.94. The Kier molecular flexibility index (Phi) is 4.57. The van der Waals surface area contributed by atoms with Gasteiger partial charge in [0.1, 0.15) is 10.8 Å². The highest BCUT2D eigenvalue weighted by atomic mass is 32.2. The minimum atomic E-state index is -3.44. The van der Waals surface area contributed by atoms with Crippen molar-refractivity contribution in [1.82, 2.24) is 9.78 Å². The predicted octanol–water partition coefficient (Wildman–Crippen LogP) is 1.23. The third kappa shape index (κ3) is 4.79. The number of thiocarbonyl (C=S) groups is 1. The van der Waals surface area contributed by atoms with E-state index in [9.17, 15) is 8.42 Å². The molecule has 0 fully saturated rings. The van der Waals surface area contributed by atoms with Gasteiger partial charge < -0.3 is 5.73 Å². The lowest BCUT2D eigenvalue weighted by molar-refractivity contribution is 0.397. The van der Waals surface area contributed by atoms with E-state index in [0.717, 1.165) is 0 Å². The number of nitrogens with zero attached hydrogens (tertiary/aromatic N) is 2. The number of anilines is 1. The third-order valence-corrected chi connectivity index (χ3v) is 4.04. The van der Waals surface area contributed by atoms with Gasteiger partial charge in [0.15, 0.2) is 0 Å². The van der Waals surface area contributed by atoms with Crippen LogP contribution in [0.3, 0.4) is 0 Å². The molecule has 1 rings (SSSR count). The SMILES string of the molecule is Cn1ncc(C(N)=S)c1NS(=O)(=O)CCC(C)(C)C. The summed E-state index contributed by atoms with van der Waals surface area (Å²) in [6.45, 7) is 5.98. The second-order valence-electron chi connectivity index (χ2n) is 5.63. The fourth-order valence-electron chi connectivity index (χ4n) is 1.38. The first-order valence-electron chi connectivity index (χ1n) is 5.84. The Morgan fingerprint density at radius 2 is 2.11 bits per heavy atom. The van der Waals surface area contributed by atoms with E-state index >= 15 is 0 Å². The predicted molar refractivity (Wildman–Crippen MR) is 80.6 cm³/mol. The molecular weight excluding hydrogens is 284 g/mol. The molecular formula is C11H20N4O2S2. The van der Waals surface area contributed by atoms with Crippen molar-refractivity contribution in [2.24, 2.45) is 18.2 Å². The summed E-state index contributed by atoms with van der Waals surface area (Å²) in [5, 5.41) is 3.95. The molecule has 3 N–H and O–H groups in total. The second-order valence-corrected chi connectivity index (χ2v) is 7.91. The van der Waals surface area contributed by atoms with Gasteiger partial charge in [-0.3, -0.25) is 9.40 Å². The fourth-order valence-corrected chi connectivity index (χ4v) is 3.05. The number of hydrogen-bond acceptors (Lipinski definition) is 4. The summed E-state index contributed by atoms with van der Waals surface area (Å²) in [6, 6.07) is 0. The van der Waals surface area contributed by atoms with Crippen molar-refractivity contribution in [3.05, 3.63) is 11.8 Å². The minimum absolute atomic E-state index is 0.0401. The van der Waals surface area contributed by atoms with Gasteiger partial charge in [-0.15, -0.1) is 0 Å². The van der Waals surface area contributed by atoms with E-state index < -0.39 is 10.0 Å². The largest absolute Gasteiger partial charge is 0.389 e. The van der Waals surface area contributed by atoms with Crippen molar-refractivity contribution in [2.75, 3.05) is 10.5 Å². The molecule has 0 amide bonds. The maximum Gasteiger partial charge on any atom is 0.233 e. The van der Waals surface area contributed by atoms with E-state index in [0.29, 0.717) is 17.8 Å². The molecule has 0 aliphatic carbocycles. The molecule has 0 spiro atoms. The topological polar surface area (TPSA) is 90.0 Å². The van der Waals surface area contributed by atoms with Gasteiger partial charge in [-0.2, -0.15) is 5.10 Å². The molecule has 0 unspecified atom stereocenters. The summed E-state index contributed by atoms with van der Waals surface area (Å²) in [5.41, 5.74) is 5.91. The van der Waals surface area contributed by atoms with Crippen LogP contribution < -0.4 is 10.5 Å². The Balaban J connectivity index is 2.90. The number of rotatable bonds is 5. The van der Waals surface area contributed by atoms with Gasteiger partial charge in [-0.05, 0) is 11.8 Å². The van der Waals surface area contributed by atoms with Crippen LogP contribution in [0.5, 0.6) is 0 Å². The number of nitrogens with one attached hydrogen (secondary N) is 1. The monoisotopic (exact) mass is 304 g/mol. The summed E-state index contributed by atoms with van der Waals surface area (Å²) >= 11 is 4.87. The van der Waals surface area contributed by atoms with Crippen molar-refractivity contribution in [3.8, 4) is 0 Å². The molecule has 0 aliphatic heterocycles. The first-order chi connectivity index (χ1) is 8.52. The smallest absolute Gasteiger partial charge is 0.233 e. The van der Waals surface area contributed by atoms with Gasteiger partial charge >= 0.3 is 0 Å². The van der Waals surface area contributed by atoms with Crippen LogP contribution in [-0.4, -0.2) is 28.9 Å². The van der Waals surface area contributed by atoms with E-state index in [1.54, 1.807) is 7.05 Å². The maximum absolute atomic E-state index is 12.0. The zero-order valence-electron chi connectivity index (χ0n) is 11.6. The van der Waals surface area contributed by atoms with E-state index in [1.165, 1.54) is 10.9 Å². The molecule has 19 heavy (non-hydrogen) atoms. The Bertz CT molecular complexity index is 570. The summed E-state index contributed by atoms with van der Waals surface area (Å²) in [7, 11) is -1.81. The van der Waals surface area contributed by atoms with E-state index in [2.05, 4.69) is 9.82 Å². The van der Waals surface area contributed by atoms with Crippen molar-refractivity contribution in [1.29, 1.82) is 0 Å². The van der Waals surface area contributed by atoms with Gasteiger partial charge in [-0.25, -0.2) is 8.42 Å². The Morgan fingerprint density at radius 1 is 1.53 bits per heavy atom. The van der Waals surface area contributed by atoms with Gasteiger partial charge in [0, 0.05) is 7.05 Å². The summed E-state index contributed by atoms with van der Waals surface area (Å²) in [6.07, 6.45) is 2.01. The minimum Gasteiger partial charge on any atom is -0.389 e. The van der Waals surface area contributed by atoms with Crippen molar-refractivity contribution >= 4 is 33.0 Å². The molecule has 108 valence electrons. The molecule has 0 atom stereocenters. The molecule has 1 heterocycles. The molecule has 0 saturated carbocycles. The van der Waals surface area contributed by atoms with Gasteiger partial charge in [-0.1, -0.05) is 33.0 Å². The number of aryl methyl sites for hydroxylation is 1. The van der Waals surface area contributed by atoms with Crippen LogP contribution in [0.1, 0.15) is 32.8 Å². The van der Waals surface area contributed by atoms with Crippen LogP contribution in [-0.2, 0) is 17.1 Å². The summed E-state index contributed by atoms with van der Waals surface area (Å²) in [5.74, 6) is 0.347. The van der Waals surface area contributed by atoms with E-state index in [1.807, 2.05) is 20.8 Å². The van der Waals surface area contributed by atoms with Crippen molar-refractivity contribution in [3.63, 3.8) is 0 Å². The highest BCUT2D eigenvalue weighted by Crippen LogP contribution is 2.21. The fraction of sp³-hybridized carbons (Fsp3) is 0.636. The molecule has 0 aliphatic rings. The highest BCUT2D eigenvalue weighted by molar-refractivity contribution is 7.92. The molecule has 8 heteroatoms. The maximum atomic E-state index is 12.0. The van der Waals surface area contributed by atoms with E-state index in [4.69, 9.17) is 18.0 Å². The number of hydrogen-bond donors (Lipinski definition) is 2. The number of nitrogens with two attached hydrogens (primary N) is 1. The lowest BCUT2D eigenvalue weighted by Crippen LogP contribution is -2.23. The normalized spacial score (nSPS) is 12.4. The molecule has 1 aromatic rings. The lowest BCUT2D eigenvalue weighted by Gasteiger charge is -2.18. The first kappa shape index (κ1) is 15.9. The van der Waals surface area contributed by atoms with Crippen LogP contribution in [0.4, 0.5) is 5.82 Å². The molecule has 0 bridgehead atoms. The standard InChI is InChI=1S/C11H20N4O2S2/c1-11(2,3)5-6-19(16,17)14-10-8(9(12)18)7-13-15(10)4/h7,14H,5-6H2,1-4H3,(H2,12,18). The number of sulfonamides is 1.